The number of unbranched alkanes of at least 4 members (excludes halogenated alkanes) is 10. The molecule has 0 bridgehead atoms. The minimum atomic E-state index is 0.0580. The maximum Gasteiger partial charge on any atom is 0.185 e. The lowest BCUT2D eigenvalue weighted by Gasteiger charge is -2.04. The summed E-state index contributed by atoms with van der Waals surface area (Å²) in [5, 5.41) is 0. The predicted molar refractivity (Wildman–Crippen MR) is 143 cm³/mol. The van der Waals surface area contributed by atoms with E-state index >= 15 is 0 Å². The average Bonchev–Trinajstić information content (AvgIpc) is 2.84. The van der Waals surface area contributed by atoms with E-state index in [1.807, 2.05) is 42.1 Å². The largest absolute Gasteiger partial charge is 0.289 e. The van der Waals surface area contributed by atoms with Crippen molar-refractivity contribution in [3.63, 3.8) is 0 Å². The molecule has 2 aromatic carbocycles. The van der Waals surface area contributed by atoms with Crippen molar-refractivity contribution in [2.24, 2.45) is 0 Å². The molecule has 0 heterocycles. The molecule has 2 rings (SSSR count). The Morgan fingerprint density at radius 2 is 1.28 bits per heavy atom. The standard InChI is InChI=1S/C30H42OS/c1-3-5-6-7-8-9-10-11-12-13-14-25-32-29-22-17-27(18-23-29)19-24-30(31)28-20-15-26(4-2)16-21-28/h15-24H,3-14,25H2,1-2H3. The zero-order valence-electron chi connectivity index (χ0n) is 20.3. The lowest BCUT2D eigenvalue weighted by Crippen LogP contribution is -1.94. The lowest BCUT2D eigenvalue weighted by molar-refractivity contribution is 0.104. The number of thioether (sulfide) groups is 1. The number of aryl methyl sites for hydroxylation is 1. The fourth-order valence-electron chi connectivity index (χ4n) is 3.80. The summed E-state index contributed by atoms with van der Waals surface area (Å²) < 4.78 is 0. The molecule has 2 aromatic rings. The summed E-state index contributed by atoms with van der Waals surface area (Å²) in [6, 6.07) is 16.4. The predicted octanol–water partition coefficient (Wildman–Crippen LogP) is 9.55. The number of allylic oxidation sites excluding steroid dienone is 1. The van der Waals surface area contributed by atoms with E-state index in [1.165, 1.54) is 86.8 Å². The zero-order valence-corrected chi connectivity index (χ0v) is 21.1. The van der Waals surface area contributed by atoms with Crippen LogP contribution in [0.1, 0.15) is 106 Å². The van der Waals surface area contributed by atoms with Crippen LogP contribution in [0.25, 0.3) is 6.08 Å². The van der Waals surface area contributed by atoms with Crippen LogP contribution in [0.4, 0.5) is 0 Å². The van der Waals surface area contributed by atoms with Crippen LogP contribution < -0.4 is 0 Å². The van der Waals surface area contributed by atoms with E-state index in [4.69, 9.17) is 0 Å². The summed E-state index contributed by atoms with van der Waals surface area (Å²) in [6.07, 6.45) is 19.9. The van der Waals surface area contributed by atoms with Crippen LogP contribution in [-0.4, -0.2) is 11.5 Å². The van der Waals surface area contributed by atoms with Gasteiger partial charge in [-0.2, -0.15) is 0 Å². The molecule has 1 nitrogen and oxygen atoms in total. The summed E-state index contributed by atoms with van der Waals surface area (Å²) in [5.74, 6) is 1.25. The van der Waals surface area contributed by atoms with Crippen molar-refractivity contribution < 1.29 is 4.79 Å². The van der Waals surface area contributed by atoms with Gasteiger partial charge in [0.25, 0.3) is 0 Å². The molecule has 0 amide bonds. The van der Waals surface area contributed by atoms with E-state index in [1.54, 1.807) is 6.08 Å². The van der Waals surface area contributed by atoms with Gasteiger partial charge >= 0.3 is 0 Å². The van der Waals surface area contributed by atoms with Crippen molar-refractivity contribution >= 4 is 23.6 Å². The minimum absolute atomic E-state index is 0.0580. The molecular formula is C30H42OS. The first-order chi connectivity index (χ1) is 15.7. The maximum atomic E-state index is 12.3. The second-order valence-corrected chi connectivity index (χ2v) is 9.87. The van der Waals surface area contributed by atoms with Crippen LogP contribution in [0.3, 0.4) is 0 Å². The van der Waals surface area contributed by atoms with E-state index in [9.17, 15) is 4.79 Å². The van der Waals surface area contributed by atoms with Gasteiger partial charge in [0.05, 0.1) is 0 Å². The normalized spacial score (nSPS) is 11.3. The van der Waals surface area contributed by atoms with Crippen molar-refractivity contribution in [1.29, 1.82) is 0 Å². The Hall–Kier alpha value is -1.80. The highest BCUT2D eigenvalue weighted by Gasteiger charge is 2.01. The third-order valence-corrected chi connectivity index (χ3v) is 7.07. The van der Waals surface area contributed by atoms with Gasteiger partial charge in [-0.1, -0.05) is 121 Å². The lowest BCUT2D eigenvalue weighted by atomic mass is 10.1. The summed E-state index contributed by atoms with van der Waals surface area (Å²) in [5.41, 5.74) is 3.08. The average molecular weight is 451 g/mol. The molecule has 0 aliphatic rings. The molecule has 0 saturated carbocycles. The number of rotatable bonds is 17. The number of hydrogen-bond acceptors (Lipinski definition) is 2. The SMILES string of the molecule is CCCCCCCCCCCCCSc1ccc(C=CC(=O)c2ccc(CC)cc2)cc1. The molecule has 0 saturated heterocycles. The van der Waals surface area contributed by atoms with E-state index in [-0.39, 0.29) is 5.78 Å². The Balaban J connectivity index is 1.56. The molecule has 0 atom stereocenters. The van der Waals surface area contributed by atoms with Crippen LogP contribution in [-0.2, 0) is 6.42 Å². The van der Waals surface area contributed by atoms with Gasteiger partial charge in [-0.15, -0.1) is 11.8 Å². The van der Waals surface area contributed by atoms with E-state index in [0.717, 1.165) is 17.5 Å². The second-order valence-electron chi connectivity index (χ2n) is 8.70. The molecule has 0 aliphatic heterocycles. The highest BCUT2D eigenvalue weighted by Crippen LogP contribution is 2.21. The van der Waals surface area contributed by atoms with E-state index in [2.05, 4.69) is 38.1 Å². The molecule has 32 heavy (non-hydrogen) atoms. The van der Waals surface area contributed by atoms with Crippen molar-refractivity contribution in [3.05, 3.63) is 71.3 Å². The number of ketones is 1. The molecule has 0 aromatic heterocycles. The molecule has 0 unspecified atom stereocenters. The summed E-state index contributed by atoms with van der Waals surface area (Å²) in [6.45, 7) is 4.40. The Bertz CT molecular complexity index is 773. The van der Waals surface area contributed by atoms with E-state index in [0.29, 0.717) is 0 Å². The zero-order chi connectivity index (χ0) is 22.9. The molecule has 0 N–H and O–H groups in total. The maximum absolute atomic E-state index is 12.3. The highest BCUT2D eigenvalue weighted by atomic mass is 32.2. The van der Waals surface area contributed by atoms with Crippen molar-refractivity contribution in [1.82, 2.24) is 0 Å². The Labute approximate surface area is 201 Å². The smallest absolute Gasteiger partial charge is 0.185 e. The first-order valence-corrected chi connectivity index (χ1v) is 13.8. The Morgan fingerprint density at radius 3 is 1.84 bits per heavy atom. The van der Waals surface area contributed by atoms with Gasteiger partial charge in [0.15, 0.2) is 5.78 Å². The van der Waals surface area contributed by atoms with Crippen molar-refractivity contribution in [3.8, 4) is 0 Å². The van der Waals surface area contributed by atoms with Gasteiger partial charge in [-0.3, -0.25) is 4.79 Å². The number of carbonyl (C=O) groups excluding carboxylic acids is 1. The molecule has 0 fully saturated rings. The van der Waals surface area contributed by atoms with Gasteiger partial charge in [0.1, 0.15) is 0 Å². The minimum Gasteiger partial charge on any atom is -0.289 e. The summed E-state index contributed by atoms with van der Waals surface area (Å²) in [7, 11) is 0. The Morgan fingerprint density at radius 1 is 0.719 bits per heavy atom. The van der Waals surface area contributed by atoms with Crippen molar-refractivity contribution in [2.45, 2.75) is 95.8 Å². The van der Waals surface area contributed by atoms with Gasteiger partial charge in [-0.05, 0) is 47.9 Å². The second kappa shape index (κ2) is 16.8. The highest BCUT2D eigenvalue weighted by molar-refractivity contribution is 7.99. The summed E-state index contributed by atoms with van der Waals surface area (Å²) in [4.78, 5) is 13.6. The monoisotopic (exact) mass is 450 g/mol. The van der Waals surface area contributed by atoms with E-state index < -0.39 is 0 Å². The van der Waals surface area contributed by atoms with Gasteiger partial charge < -0.3 is 0 Å². The molecule has 0 aliphatic carbocycles. The van der Waals surface area contributed by atoms with Crippen LogP contribution in [0.2, 0.25) is 0 Å². The number of carbonyl (C=O) groups is 1. The van der Waals surface area contributed by atoms with Crippen LogP contribution in [0, 0.1) is 0 Å². The fourth-order valence-corrected chi connectivity index (χ4v) is 4.72. The molecule has 0 radical (unpaired) electrons. The summed E-state index contributed by atoms with van der Waals surface area (Å²) >= 11 is 1.94. The third kappa shape index (κ3) is 11.2. The van der Waals surface area contributed by atoms with Gasteiger partial charge in [-0.25, -0.2) is 0 Å². The quantitative estimate of drug-likeness (QED) is 0.103. The van der Waals surface area contributed by atoms with Crippen LogP contribution in [0.5, 0.6) is 0 Å². The Kier molecular flexibility index (Phi) is 13.9. The van der Waals surface area contributed by atoms with Gasteiger partial charge in [0, 0.05) is 10.5 Å². The van der Waals surface area contributed by atoms with Crippen LogP contribution >= 0.6 is 11.8 Å². The molecule has 0 spiro atoms. The molecular weight excluding hydrogens is 408 g/mol. The first-order valence-electron chi connectivity index (χ1n) is 12.8. The first kappa shape index (κ1) is 26.5. The topological polar surface area (TPSA) is 17.1 Å². The third-order valence-electron chi connectivity index (χ3n) is 5.97. The van der Waals surface area contributed by atoms with Crippen molar-refractivity contribution in [2.75, 3.05) is 5.75 Å². The van der Waals surface area contributed by atoms with Crippen LogP contribution in [0.15, 0.2) is 59.5 Å². The number of benzene rings is 2. The molecule has 2 heteroatoms. The fraction of sp³-hybridized carbons (Fsp3) is 0.500. The molecule has 174 valence electrons. The number of hydrogen-bond donors (Lipinski definition) is 0. The van der Waals surface area contributed by atoms with Gasteiger partial charge in [0.2, 0.25) is 0 Å².